The average Bonchev–Trinajstić information content (AvgIpc) is 2.52. The minimum atomic E-state index is -0.920. The van der Waals surface area contributed by atoms with Gasteiger partial charge in [-0.05, 0) is 31.2 Å². The monoisotopic (exact) mass is 324 g/mol. The van der Waals surface area contributed by atoms with E-state index in [1.54, 1.807) is 0 Å². The summed E-state index contributed by atoms with van der Waals surface area (Å²) in [4.78, 5) is 34.4. The van der Waals surface area contributed by atoms with Crippen molar-refractivity contribution in [3.63, 3.8) is 0 Å². The summed E-state index contributed by atoms with van der Waals surface area (Å²) in [6.45, 7) is 0.849. The quantitative estimate of drug-likeness (QED) is 0.662. The molecule has 7 nitrogen and oxygen atoms in total. The minimum absolute atomic E-state index is 0.0403. The fraction of sp³-hybridized carbons (Fsp3) is 0.467. The average molecular weight is 324 g/mol. The summed E-state index contributed by atoms with van der Waals surface area (Å²) in [6, 6.07) is 2.96. The standard InChI is InChI=1S/C15H17FN2O5/c16-13-8-11(18(22)23)4-5-12(13)15(21)17-7-1-2-10(9-17)3-6-14(19)20/h4-5,8,10H,1-3,6-7,9H2,(H,19,20). The van der Waals surface area contributed by atoms with Crippen LogP contribution in [0.4, 0.5) is 10.1 Å². The van der Waals surface area contributed by atoms with E-state index in [4.69, 9.17) is 5.11 Å². The summed E-state index contributed by atoms with van der Waals surface area (Å²) < 4.78 is 13.9. The van der Waals surface area contributed by atoms with Crippen LogP contribution in [-0.2, 0) is 4.79 Å². The van der Waals surface area contributed by atoms with Gasteiger partial charge in [0, 0.05) is 25.6 Å². The number of hydrogen-bond donors (Lipinski definition) is 1. The van der Waals surface area contributed by atoms with Gasteiger partial charge in [0.05, 0.1) is 16.6 Å². The molecule has 1 N–H and O–H groups in total. The number of nitro groups is 1. The molecule has 0 radical (unpaired) electrons. The van der Waals surface area contributed by atoms with E-state index in [0.29, 0.717) is 19.5 Å². The molecule has 1 heterocycles. The number of piperidine rings is 1. The number of nitro benzene ring substituents is 1. The van der Waals surface area contributed by atoms with Crippen LogP contribution >= 0.6 is 0 Å². The number of non-ortho nitro benzene ring substituents is 1. The molecule has 0 aromatic heterocycles. The van der Waals surface area contributed by atoms with Gasteiger partial charge >= 0.3 is 5.97 Å². The Labute approximate surface area is 131 Å². The third-order valence-electron chi connectivity index (χ3n) is 3.97. The zero-order valence-electron chi connectivity index (χ0n) is 12.4. The van der Waals surface area contributed by atoms with E-state index in [9.17, 15) is 24.1 Å². The highest BCUT2D eigenvalue weighted by atomic mass is 19.1. The molecule has 23 heavy (non-hydrogen) atoms. The molecule has 1 amide bonds. The summed E-state index contributed by atoms with van der Waals surface area (Å²) in [5, 5.41) is 19.3. The van der Waals surface area contributed by atoms with Gasteiger partial charge in [-0.15, -0.1) is 0 Å². The van der Waals surface area contributed by atoms with E-state index in [1.807, 2.05) is 0 Å². The first-order valence-corrected chi connectivity index (χ1v) is 7.33. The van der Waals surface area contributed by atoms with Crippen LogP contribution in [0.15, 0.2) is 18.2 Å². The minimum Gasteiger partial charge on any atom is -0.481 e. The van der Waals surface area contributed by atoms with Gasteiger partial charge in [-0.3, -0.25) is 19.7 Å². The Hall–Kier alpha value is -2.51. The Morgan fingerprint density at radius 1 is 1.43 bits per heavy atom. The third-order valence-corrected chi connectivity index (χ3v) is 3.97. The maximum absolute atomic E-state index is 13.9. The van der Waals surface area contributed by atoms with Gasteiger partial charge in [-0.25, -0.2) is 4.39 Å². The molecule has 0 aliphatic carbocycles. The van der Waals surface area contributed by atoms with Crippen LogP contribution in [0.2, 0.25) is 0 Å². The summed E-state index contributed by atoms with van der Waals surface area (Å²) in [7, 11) is 0. The van der Waals surface area contributed by atoms with Crippen LogP contribution < -0.4 is 0 Å². The first-order valence-electron chi connectivity index (χ1n) is 7.33. The maximum atomic E-state index is 13.9. The second kappa shape index (κ2) is 7.17. The van der Waals surface area contributed by atoms with Crippen LogP contribution in [0.5, 0.6) is 0 Å². The van der Waals surface area contributed by atoms with Gasteiger partial charge < -0.3 is 10.0 Å². The van der Waals surface area contributed by atoms with Gasteiger partial charge in [0.1, 0.15) is 5.82 Å². The number of carboxylic acids is 1. The van der Waals surface area contributed by atoms with Crippen LogP contribution in [0.1, 0.15) is 36.0 Å². The lowest BCUT2D eigenvalue weighted by molar-refractivity contribution is -0.385. The molecule has 0 saturated carbocycles. The molecule has 124 valence electrons. The van der Waals surface area contributed by atoms with Crippen LogP contribution in [-0.4, -0.2) is 39.9 Å². The van der Waals surface area contributed by atoms with Crippen molar-refractivity contribution in [2.45, 2.75) is 25.7 Å². The van der Waals surface area contributed by atoms with Crippen LogP contribution in [0.25, 0.3) is 0 Å². The van der Waals surface area contributed by atoms with E-state index in [-0.39, 0.29) is 17.9 Å². The second-order valence-electron chi connectivity index (χ2n) is 5.61. The van der Waals surface area contributed by atoms with Gasteiger partial charge in [0.15, 0.2) is 0 Å². The number of rotatable bonds is 5. The number of nitrogens with zero attached hydrogens (tertiary/aromatic N) is 2. The summed E-state index contributed by atoms with van der Waals surface area (Å²) in [5.74, 6) is -2.24. The Morgan fingerprint density at radius 2 is 2.17 bits per heavy atom. The number of benzene rings is 1. The zero-order valence-corrected chi connectivity index (χ0v) is 12.4. The van der Waals surface area contributed by atoms with Gasteiger partial charge in [0.25, 0.3) is 11.6 Å². The zero-order chi connectivity index (χ0) is 17.0. The molecule has 0 spiro atoms. The smallest absolute Gasteiger partial charge is 0.303 e. The van der Waals surface area contributed by atoms with Crippen molar-refractivity contribution < 1.29 is 24.0 Å². The Kier molecular flexibility index (Phi) is 5.25. The molecule has 2 rings (SSSR count). The predicted octanol–water partition coefficient (Wildman–Crippen LogP) is 2.45. The highest BCUT2D eigenvalue weighted by molar-refractivity contribution is 5.94. The van der Waals surface area contributed by atoms with Crippen LogP contribution in [0, 0.1) is 21.8 Å². The normalized spacial score (nSPS) is 17.8. The highest BCUT2D eigenvalue weighted by Crippen LogP contribution is 2.24. The summed E-state index contributed by atoms with van der Waals surface area (Å²) in [5.41, 5.74) is -0.605. The molecule has 0 bridgehead atoms. The maximum Gasteiger partial charge on any atom is 0.303 e. The molecule has 8 heteroatoms. The number of amides is 1. The van der Waals surface area contributed by atoms with Crippen molar-refractivity contribution >= 4 is 17.6 Å². The van der Waals surface area contributed by atoms with Crippen molar-refractivity contribution in [1.29, 1.82) is 0 Å². The van der Waals surface area contributed by atoms with Crippen molar-refractivity contribution in [2.75, 3.05) is 13.1 Å². The lowest BCUT2D eigenvalue weighted by atomic mass is 9.93. The van der Waals surface area contributed by atoms with E-state index in [0.717, 1.165) is 31.0 Å². The first kappa shape index (κ1) is 16.9. The third kappa shape index (κ3) is 4.24. The molecule has 1 saturated heterocycles. The first-order chi connectivity index (χ1) is 10.9. The van der Waals surface area contributed by atoms with E-state index >= 15 is 0 Å². The number of aliphatic carboxylic acids is 1. The SMILES string of the molecule is O=C(O)CCC1CCCN(C(=O)c2ccc([N+](=O)[O-])cc2F)C1. The van der Waals surface area contributed by atoms with E-state index in [2.05, 4.69) is 0 Å². The fourth-order valence-corrected chi connectivity index (χ4v) is 2.77. The van der Waals surface area contributed by atoms with Crippen molar-refractivity contribution in [2.24, 2.45) is 5.92 Å². The highest BCUT2D eigenvalue weighted by Gasteiger charge is 2.27. The molecular formula is C15H17FN2O5. The molecule has 1 aromatic rings. The fourth-order valence-electron chi connectivity index (χ4n) is 2.77. The molecule has 1 fully saturated rings. The topological polar surface area (TPSA) is 101 Å². The molecule has 1 aliphatic rings. The molecule has 1 aliphatic heterocycles. The summed E-state index contributed by atoms with van der Waals surface area (Å²) >= 11 is 0. The van der Waals surface area contributed by atoms with Crippen molar-refractivity contribution in [1.82, 2.24) is 4.90 Å². The van der Waals surface area contributed by atoms with Gasteiger partial charge in [0.2, 0.25) is 0 Å². The number of carbonyl (C=O) groups is 2. The number of hydrogen-bond acceptors (Lipinski definition) is 4. The van der Waals surface area contributed by atoms with Crippen molar-refractivity contribution in [3.8, 4) is 0 Å². The summed E-state index contributed by atoms with van der Waals surface area (Å²) in [6.07, 6.45) is 2.07. The lowest BCUT2D eigenvalue weighted by Gasteiger charge is -2.32. The predicted molar refractivity (Wildman–Crippen MR) is 78.6 cm³/mol. The second-order valence-corrected chi connectivity index (χ2v) is 5.61. The number of halogens is 1. The Balaban J connectivity index is 2.07. The lowest BCUT2D eigenvalue weighted by Crippen LogP contribution is -2.40. The molecular weight excluding hydrogens is 307 g/mol. The van der Waals surface area contributed by atoms with Gasteiger partial charge in [-0.1, -0.05) is 0 Å². The number of carbonyl (C=O) groups excluding carboxylic acids is 1. The van der Waals surface area contributed by atoms with Crippen molar-refractivity contribution in [3.05, 3.63) is 39.7 Å². The Morgan fingerprint density at radius 3 is 2.78 bits per heavy atom. The Bertz CT molecular complexity index is 634. The van der Waals surface area contributed by atoms with E-state index < -0.39 is 28.3 Å². The number of likely N-dealkylation sites (tertiary alicyclic amines) is 1. The van der Waals surface area contributed by atoms with Crippen LogP contribution in [0.3, 0.4) is 0 Å². The molecule has 1 atom stereocenters. The molecule has 1 aromatic carbocycles. The largest absolute Gasteiger partial charge is 0.481 e. The van der Waals surface area contributed by atoms with E-state index in [1.165, 1.54) is 4.90 Å². The number of carboxylic acid groups (broad SMARTS) is 1. The van der Waals surface area contributed by atoms with Gasteiger partial charge in [-0.2, -0.15) is 0 Å². The molecule has 1 unspecified atom stereocenters.